The molecule has 0 radical (unpaired) electrons. The highest BCUT2D eigenvalue weighted by molar-refractivity contribution is 7.92. The van der Waals surface area contributed by atoms with Crippen molar-refractivity contribution in [3.8, 4) is 0 Å². The third-order valence-electron chi connectivity index (χ3n) is 5.75. The standard InChI is InChI=1S/C20H31ClN4O3S/c1-20(2)15-25(10-13-29(20,26)27)19(22-3)23-14-18(24-8-11-28-12-9-24)16-4-6-17(21)7-5-16/h4-7,18H,8-15H2,1-3H3,(H,22,23). The van der Waals surface area contributed by atoms with Gasteiger partial charge in [-0.25, -0.2) is 8.42 Å². The zero-order valence-corrected chi connectivity index (χ0v) is 19.0. The molecule has 2 fully saturated rings. The quantitative estimate of drug-likeness (QED) is 0.566. The van der Waals surface area contributed by atoms with Crippen molar-refractivity contribution in [2.24, 2.45) is 4.99 Å². The molecule has 1 N–H and O–H groups in total. The Morgan fingerprint density at radius 1 is 1.24 bits per heavy atom. The summed E-state index contributed by atoms with van der Waals surface area (Å²) in [5.41, 5.74) is 1.18. The second kappa shape index (κ2) is 9.20. The molecular weight excluding hydrogens is 412 g/mol. The van der Waals surface area contributed by atoms with E-state index in [-0.39, 0.29) is 11.8 Å². The van der Waals surface area contributed by atoms with Crippen LogP contribution >= 0.6 is 11.6 Å². The number of morpholine rings is 1. The van der Waals surface area contributed by atoms with Crippen molar-refractivity contribution >= 4 is 27.4 Å². The Morgan fingerprint density at radius 3 is 2.48 bits per heavy atom. The van der Waals surface area contributed by atoms with E-state index in [9.17, 15) is 8.42 Å². The molecule has 1 unspecified atom stereocenters. The molecule has 0 amide bonds. The van der Waals surface area contributed by atoms with Crippen LogP contribution in [0.3, 0.4) is 0 Å². The van der Waals surface area contributed by atoms with Crippen molar-refractivity contribution in [1.29, 1.82) is 0 Å². The van der Waals surface area contributed by atoms with Gasteiger partial charge in [-0.2, -0.15) is 0 Å². The first kappa shape index (κ1) is 22.3. The summed E-state index contributed by atoms with van der Waals surface area (Å²) >= 11 is 6.08. The minimum absolute atomic E-state index is 0.144. The van der Waals surface area contributed by atoms with Gasteiger partial charge in [-0.05, 0) is 31.5 Å². The number of rotatable bonds is 4. The number of nitrogens with one attached hydrogen (secondary N) is 1. The summed E-state index contributed by atoms with van der Waals surface area (Å²) in [6.45, 7) is 8.28. The lowest BCUT2D eigenvalue weighted by atomic mass is 10.0. The van der Waals surface area contributed by atoms with Gasteiger partial charge in [-0.1, -0.05) is 23.7 Å². The fourth-order valence-electron chi connectivity index (χ4n) is 3.88. The molecular formula is C20H31ClN4O3S. The lowest BCUT2D eigenvalue weighted by Crippen LogP contribution is -2.58. The van der Waals surface area contributed by atoms with Gasteiger partial charge < -0.3 is 15.0 Å². The maximum Gasteiger partial charge on any atom is 0.193 e. The zero-order chi connectivity index (χ0) is 21.1. The number of hydrogen-bond donors (Lipinski definition) is 1. The van der Waals surface area contributed by atoms with Crippen molar-refractivity contribution in [1.82, 2.24) is 15.1 Å². The Morgan fingerprint density at radius 2 is 1.90 bits per heavy atom. The lowest BCUT2D eigenvalue weighted by Gasteiger charge is -2.40. The fraction of sp³-hybridized carbons (Fsp3) is 0.650. The first-order valence-corrected chi connectivity index (χ1v) is 12.0. The normalized spacial score (nSPS) is 23.6. The number of guanidine groups is 1. The summed E-state index contributed by atoms with van der Waals surface area (Å²) in [5, 5.41) is 4.20. The molecule has 7 nitrogen and oxygen atoms in total. The lowest BCUT2D eigenvalue weighted by molar-refractivity contribution is 0.0169. The summed E-state index contributed by atoms with van der Waals surface area (Å²) in [5.74, 6) is 0.880. The number of hydrogen-bond acceptors (Lipinski definition) is 5. The molecule has 162 valence electrons. The Hall–Kier alpha value is -1.35. The molecule has 3 rings (SSSR count). The minimum Gasteiger partial charge on any atom is -0.379 e. The van der Waals surface area contributed by atoms with Gasteiger partial charge in [0.25, 0.3) is 0 Å². The van der Waals surface area contributed by atoms with Crippen LogP contribution in [0, 0.1) is 0 Å². The van der Waals surface area contributed by atoms with Crippen LogP contribution in [0.25, 0.3) is 0 Å². The Bertz CT molecular complexity index is 821. The largest absolute Gasteiger partial charge is 0.379 e. The second-order valence-corrected chi connectivity index (χ2v) is 11.3. The highest BCUT2D eigenvalue weighted by Crippen LogP contribution is 2.25. The summed E-state index contributed by atoms with van der Waals surface area (Å²) in [4.78, 5) is 8.86. The van der Waals surface area contributed by atoms with Gasteiger partial charge >= 0.3 is 0 Å². The molecule has 9 heteroatoms. The number of aliphatic imine (C=N–C) groups is 1. The summed E-state index contributed by atoms with van der Waals surface area (Å²) < 4.78 is 29.4. The molecule has 29 heavy (non-hydrogen) atoms. The van der Waals surface area contributed by atoms with Crippen LogP contribution < -0.4 is 5.32 Å². The molecule has 1 atom stereocenters. The third-order valence-corrected chi connectivity index (χ3v) is 8.53. The summed E-state index contributed by atoms with van der Waals surface area (Å²) in [7, 11) is -1.35. The van der Waals surface area contributed by atoms with E-state index in [0.717, 1.165) is 37.3 Å². The predicted octanol–water partition coefficient (Wildman–Crippen LogP) is 1.80. The first-order valence-electron chi connectivity index (χ1n) is 9.99. The number of benzene rings is 1. The van der Waals surface area contributed by atoms with Crippen LogP contribution in [-0.2, 0) is 14.6 Å². The molecule has 1 aromatic carbocycles. The highest BCUT2D eigenvalue weighted by atomic mass is 35.5. The number of ether oxygens (including phenoxy) is 1. The molecule has 0 spiro atoms. The number of nitrogens with zero attached hydrogens (tertiary/aromatic N) is 3. The van der Waals surface area contributed by atoms with Gasteiger partial charge in [-0.3, -0.25) is 9.89 Å². The second-order valence-electron chi connectivity index (χ2n) is 8.14. The summed E-state index contributed by atoms with van der Waals surface area (Å²) in [6.07, 6.45) is 0. The minimum atomic E-state index is -3.09. The zero-order valence-electron chi connectivity index (χ0n) is 17.4. The van der Waals surface area contributed by atoms with Gasteiger partial charge in [-0.15, -0.1) is 0 Å². The van der Waals surface area contributed by atoms with Crippen LogP contribution in [0.5, 0.6) is 0 Å². The monoisotopic (exact) mass is 442 g/mol. The third kappa shape index (κ3) is 5.23. The Kier molecular flexibility index (Phi) is 7.09. The maximum absolute atomic E-state index is 12.3. The predicted molar refractivity (Wildman–Crippen MR) is 117 cm³/mol. The van der Waals surface area contributed by atoms with Gasteiger partial charge in [0, 0.05) is 44.8 Å². The topological polar surface area (TPSA) is 74.2 Å². The maximum atomic E-state index is 12.3. The van der Waals surface area contributed by atoms with Crippen LogP contribution in [0.2, 0.25) is 5.02 Å². The summed E-state index contributed by atoms with van der Waals surface area (Å²) in [6, 6.07) is 8.09. The van der Waals surface area contributed by atoms with E-state index in [1.165, 1.54) is 5.56 Å². The Balaban J connectivity index is 1.73. The van der Waals surface area contributed by atoms with Gasteiger partial charge in [0.1, 0.15) is 0 Å². The van der Waals surface area contributed by atoms with Crippen LogP contribution in [-0.4, -0.2) is 87.7 Å². The van der Waals surface area contributed by atoms with Crippen molar-refractivity contribution < 1.29 is 13.2 Å². The molecule has 0 aromatic heterocycles. The van der Waals surface area contributed by atoms with E-state index < -0.39 is 14.6 Å². The average molecular weight is 443 g/mol. The van der Waals surface area contributed by atoms with Crippen LogP contribution in [0.1, 0.15) is 25.5 Å². The van der Waals surface area contributed by atoms with E-state index in [4.69, 9.17) is 16.3 Å². The van der Waals surface area contributed by atoms with Crippen molar-refractivity contribution in [2.75, 3.05) is 58.7 Å². The van der Waals surface area contributed by atoms with E-state index in [0.29, 0.717) is 19.6 Å². The Labute approximate surface area is 179 Å². The van der Waals surface area contributed by atoms with Crippen LogP contribution in [0.4, 0.5) is 0 Å². The molecule has 1 aromatic rings. The molecule has 2 heterocycles. The number of halogens is 1. The molecule has 0 bridgehead atoms. The van der Waals surface area contributed by atoms with Gasteiger partial charge in [0.05, 0.1) is 29.8 Å². The van der Waals surface area contributed by atoms with E-state index in [2.05, 4.69) is 27.3 Å². The first-order chi connectivity index (χ1) is 13.7. The average Bonchev–Trinajstić information content (AvgIpc) is 2.69. The number of sulfone groups is 1. The molecule has 0 saturated carbocycles. The smallest absolute Gasteiger partial charge is 0.193 e. The van der Waals surface area contributed by atoms with E-state index in [1.54, 1.807) is 20.9 Å². The molecule has 2 saturated heterocycles. The van der Waals surface area contributed by atoms with Gasteiger partial charge in [0.2, 0.25) is 0 Å². The SMILES string of the molecule is CN=C(NCC(c1ccc(Cl)cc1)N1CCOCC1)N1CCS(=O)(=O)C(C)(C)C1. The van der Waals surface area contributed by atoms with Gasteiger partial charge in [0.15, 0.2) is 15.8 Å². The van der Waals surface area contributed by atoms with Crippen molar-refractivity contribution in [3.63, 3.8) is 0 Å². The van der Waals surface area contributed by atoms with E-state index in [1.807, 2.05) is 17.0 Å². The van der Waals surface area contributed by atoms with Crippen molar-refractivity contribution in [3.05, 3.63) is 34.9 Å². The molecule has 2 aliphatic rings. The fourth-order valence-corrected chi connectivity index (χ4v) is 5.37. The van der Waals surface area contributed by atoms with E-state index >= 15 is 0 Å². The van der Waals surface area contributed by atoms with Crippen LogP contribution in [0.15, 0.2) is 29.3 Å². The molecule has 0 aliphatic carbocycles. The highest BCUT2D eigenvalue weighted by Gasteiger charge is 2.41. The van der Waals surface area contributed by atoms with Crippen molar-refractivity contribution in [2.45, 2.75) is 24.6 Å². The molecule has 2 aliphatic heterocycles.